The van der Waals surface area contributed by atoms with Gasteiger partial charge in [0.1, 0.15) is 5.82 Å². The van der Waals surface area contributed by atoms with Gasteiger partial charge in [0, 0.05) is 55.2 Å². The van der Waals surface area contributed by atoms with Crippen LogP contribution in [0.4, 0.5) is 22.2 Å². The Hall–Kier alpha value is -2.54. The number of halogens is 1. The summed E-state index contributed by atoms with van der Waals surface area (Å²) in [6.45, 7) is 7.47. The summed E-state index contributed by atoms with van der Waals surface area (Å²) in [5.74, 6) is 1.53. The number of benzene rings is 1. The number of aromatic nitrogens is 2. The summed E-state index contributed by atoms with van der Waals surface area (Å²) in [4.78, 5) is 25.4. The molecule has 138 valence electrons. The summed E-state index contributed by atoms with van der Waals surface area (Å²) in [6, 6.07) is 9.02. The molecule has 2 amide bonds. The molecule has 0 atom stereocenters. The van der Waals surface area contributed by atoms with Gasteiger partial charge in [0.05, 0.1) is 0 Å². The summed E-state index contributed by atoms with van der Waals surface area (Å²) in [7, 11) is 0. The topological polar surface area (TPSA) is 73.4 Å². The maximum atomic E-state index is 12.4. The maximum absolute atomic E-state index is 12.4. The van der Waals surface area contributed by atoms with E-state index < -0.39 is 0 Å². The second kappa shape index (κ2) is 8.23. The van der Waals surface area contributed by atoms with E-state index in [0.717, 1.165) is 31.1 Å². The van der Waals surface area contributed by atoms with Gasteiger partial charge in [0.25, 0.3) is 0 Å². The van der Waals surface area contributed by atoms with Gasteiger partial charge < -0.3 is 20.4 Å². The number of hydrogen-bond donors (Lipinski definition) is 2. The Morgan fingerprint density at radius 3 is 2.65 bits per heavy atom. The lowest BCUT2D eigenvalue weighted by molar-refractivity contribution is 0.208. The predicted molar refractivity (Wildman–Crippen MR) is 105 cm³/mol. The van der Waals surface area contributed by atoms with E-state index in [9.17, 15) is 4.79 Å². The van der Waals surface area contributed by atoms with Crippen LogP contribution in [0.5, 0.6) is 0 Å². The van der Waals surface area contributed by atoms with Crippen LogP contribution >= 0.6 is 11.6 Å². The molecule has 2 N–H and O–H groups in total. The van der Waals surface area contributed by atoms with Gasteiger partial charge in [-0.15, -0.1) is 0 Å². The standard InChI is InChI=1S/C18H23ClN6O/c1-3-20-17-21-13(2)11-16(23-17)24-7-9-25(10-8-24)18(26)22-15-6-4-5-14(19)12-15/h4-6,11-12H,3,7-10H2,1-2H3,(H,22,26)(H,20,21,23). The van der Waals surface area contributed by atoms with Crippen molar-refractivity contribution in [3.63, 3.8) is 0 Å². The summed E-state index contributed by atoms with van der Waals surface area (Å²) in [5.41, 5.74) is 1.62. The SMILES string of the molecule is CCNc1nc(C)cc(N2CCN(C(=O)Nc3cccc(Cl)c3)CC2)n1. The van der Waals surface area contributed by atoms with Gasteiger partial charge in [-0.3, -0.25) is 0 Å². The smallest absolute Gasteiger partial charge is 0.321 e. The second-order valence-corrected chi connectivity index (χ2v) is 6.57. The van der Waals surface area contributed by atoms with E-state index in [4.69, 9.17) is 11.6 Å². The van der Waals surface area contributed by atoms with E-state index in [1.54, 1.807) is 17.0 Å². The molecule has 3 rings (SSSR count). The van der Waals surface area contributed by atoms with Crippen molar-refractivity contribution in [1.29, 1.82) is 0 Å². The predicted octanol–water partition coefficient (Wildman–Crippen LogP) is 3.22. The number of anilines is 3. The van der Waals surface area contributed by atoms with Gasteiger partial charge in [0.2, 0.25) is 5.95 Å². The van der Waals surface area contributed by atoms with E-state index in [0.29, 0.717) is 29.7 Å². The van der Waals surface area contributed by atoms with Crippen LogP contribution in [0.1, 0.15) is 12.6 Å². The Balaban J connectivity index is 1.59. The van der Waals surface area contributed by atoms with Crippen LogP contribution in [0.25, 0.3) is 0 Å². The molecule has 7 nitrogen and oxygen atoms in total. The molecule has 1 saturated heterocycles. The first-order chi connectivity index (χ1) is 12.5. The van der Waals surface area contributed by atoms with Crippen LogP contribution in [0, 0.1) is 6.92 Å². The molecule has 8 heteroatoms. The molecule has 1 aromatic carbocycles. The Morgan fingerprint density at radius 1 is 1.19 bits per heavy atom. The second-order valence-electron chi connectivity index (χ2n) is 6.14. The van der Waals surface area contributed by atoms with Crippen molar-refractivity contribution in [3.8, 4) is 0 Å². The van der Waals surface area contributed by atoms with Crippen LogP contribution in [0.3, 0.4) is 0 Å². The minimum Gasteiger partial charge on any atom is -0.354 e. The monoisotopic (exact) mass is 374 g/mol. The lowest BCUT2D eigenvalue weighted by Gasteiger charge is -2.35. The van der Waals surface area contributed by atoms with Crippen molar-refractivity contribution in [2.24, 2.45) is 0 Å². The summed E-state index contributed by atoms with van der Waals surface area (Å²) >= 11 is 5.96. The third-order valence-corrected chi connectivity index (χ3v) is 4.38. The van der Waals surface area contributed by atoms with E-state index >= 15 is 0 Å². The first-order valence-corrected chi connectivity index (χ1v) is 9.09. The quantitative estimate of drug-likeness (QED) is 0.859. The number of aryl methyl sites for hydroxylation is 1. The van der Waals surface area contributed by atoms with Gasteiger partial charge >= 0.3 is 6.03 Å². The molecular weight excluding hydrogens is 352 g/mol. The third-order valence-electron chi connectivity index (χ3n) is 4.14. The van der Waals surface area contributed by atoms with Crippen LogP contribution in [0.2, 0.25) is 5.02 Å². The highest BCUT2D eigenvalue weighted by molar-refractivity contribution is 6.30. The van der Waals surface area contributed by atoms with Crippen molar-refractivity contribution in [2.45, 2.75) is 13.8 Å². The van der Waals surface area contributed by atoms with E-state index in [1.807, 2.05) is 32.0 Å². The first-order valence-electron chi connectivity index (χ1n) is 8.71. The Labute approximate surface area is 158 Å². The summed E-state index contributed by atoms with van der Waals surface area (Å²) in [6.07, 6.45) is 0. The zero-order valence-corrected chi connectivity index (χ0v) is 15.8. The maximum Gasteiger partial charge on any atom is 0.321 e. The molecular formula is C18H23ClN6O. The summed E-state index contributed by atoms with van der Waals surface area (Å²) in [5, 5.41) is 6.64. The number of nitrogens with zero attached hydrogens (tertiary/aromatic N) is 4. The van der Waals surface area contributed by atoms with Crippen molar-refractivity contribution in [2.75, 3.05) is 48.3 Å². The zero-order chi connectivity index (χ0) is 18.5. The highest BCUT2D eigenvalue weighted by atomic mass is 35.5. The average molecular weight is 375 g/mol. The zero-order valence-electron chi connectivity index (χ0n) is 15.0. The fourth-order valence-electron chi connectivity index (χ4n) is 2.86. The highest BCUT2D eigenvalue weighted by Crippen LogP contribution is 2.18. The lowest BCUT2D eigenvalue weighted by Crippen LogP contribution is -2.50. The molecule has 0 unspecified atom stereocenters. The van der Waals surface area contributed by atoms with Crippen LogP contribution in [0.15, 0.2) is 30.3 Å². The van der Waals surface area contributed by atoms with Gasteiger partial charge in [-0.05, 0) is 32.0 Å². The van der Waals surface area contributed by atoms with Crippen LogP contribution in [-0.4, -0.2) is 53.6 Å². The highest BCUT2D eigenvalue weighted by Gasteiger charge is 2.22. The Morgan fingerprint density at radius 2 is 1.96 bits per heavy atom. The molecule has 2 aromatic rings. The number of nitrogens with one attached hydrogen (secondary N) is 2. The number of carbonyl (C=O) groups excluding carboxylic acids is 1. The number of urea groups is 1. The van der Waals surface area contributed by atoms with Crippen molar-refractivity contribution >= 4 is 35.1 Å². The van der Waals surface area contributed by atoms with Gasteiger partial charge in [-0.25, -0.2) is 9.78 Å². The summed E-state index contributed by atoms with van der Waals surface area (Å²) < 4.78 is 0. The normalized spacial score (nSPS) is 14.3. The molecule has 1 fully saturated rings. The number of carbonyl (C=O) groups is 1. The van der Waals surface area contributed by atoms with Crippen molar-refractivity contribution in [1.82, 2.24) is 14.9 Å². The molecule has 26 heavy (non-hydrogen) atoms. The van der Waals surface area contributed by atoms with E-state index in [1.165, 1.54) is 0 Å². The van der Waals surface area contributed by atoms with Crippen LogP contribution in [-0.2, 0) is 0 Å². The molecule has 0 aliphatic carbocycles. The molecule has 0 radical (unpaired) electrons. The Bertz CT molecular complexity index is 776. The van der Waals surface area contributed by atoms with E-state index in [2.05, 4.69) is 25.5 Å². The molecule has 2 heterocycles. The van der Waals surface area contributed by atoms with Gasteiger partial charge in [-0.2, -0.15) is 4.98 Å². The molecule has 1 aliphatic heterocycles. The minimum atomic E-state index is -0.112. The van der Waals surface area contributed by atoms with Crippen molar-refractivity contribution < 1.29 is 4.79 Å². The molecule has 0 bridgehead atoms. The van der Waals surface area contributed by atoms with E-state index in [-0.39, 0.29) is 6.03 Å². The third kappa shape index (κ3) is 4.54. The number of piperazine rings is 1. The van der Waals surface area contributed by atoms with Crippen molar-refractivity contribution in [3.05, 3.63) is 41.0 Å². The average Bonchev–Trinajstić information content (AvgIpc) is 2.62. The molecule has 0 spiro atoms. The Kier molecular flexibility index (Phi) is 5.78. The molecule has 1 aliphatic rings. The first kappa shape index (κ1) is 18.3. The lowest BCUT2D eigenvalue weighted by atomic mass is 10.3. The van der Waals surface area contributed by atoms with Gasteiger partial charge in [-0.1, -0.05) is 17.7 Å². The fourth-order valence-corrected chi connectivity index (χ4v) is 3.05. The fraction of sp³-hybridized carbons (Fsp3) is 0.389. The largest absolute Gasteiger partial charge is 0.354 e. The molecule has 0 saturated carbocycles. The minimum absolute atomic E-state index is 0.112. The number of rotatable bonds is 4. The number of amides is 2. The van der Waals surface area contributed by atoms with Crippen LogP contribution < -0.4 is 15.5 Å². The molecule has 1 aromatic heterocycles. The van der Waals surface area contributed by atoms with Gasteiger partial charge in [0.15, 0.2) is 0 Å². The number of hydrogen-bond acceptors (Lipinski definition) is 5.